The summed E-state index contributed by atoms with van der Waals surface area (Å²) in [6.07, 6.45) is 8.55. The smallest absolute Gasteiger partial charge is 0.0578 e. The van der Waals surface area contributed by atoms with Gasteiger partial charge in [0.05, 0.1) is 24.4 Å². The van der Waals surface area contributed by atoms with Gasteiger partial charge in [-0.05, 0) is 77.0 Å². The molecule has 2 unspecified atom stereocenters. The molecule has 0 heterocycles. The van der Waals surface area contributed by atoms with Gasteiger partial charge in [0, 0.05) is 0 Å². The third kappa shape index (κ3) is 4.44. The Kier molecular flexibility index (Phi) is 5.67. The Bertz CT molecular complexity index is 227. The average Bonchev–Trinajstić information content (AvgIpc) is 2.40. The molecule has 0 spiro atoms. The lowest BCUT2D eigenvalue weighted by atomic mass is 9.82. The van der Waals surface area contributed by atoms with Crippen LogP contribution in [0.15, 0.2) is 0 Å². The lowest BCUT2D eigenvalue weighted by Crippen LogP contribution is -2.34. The number of aliphatic hydroxyl groups is 2. The number of aliphatic hydroxyl groups excluding tert-OH is 2. The van der Waals surface area contributed by atoms with E-state index in [2.05, 4.69) is 13.8 Å². The first kappa shape index (κ1) is 15.3. The quantitative estimate of drug-likeness (QED) is 0.826. The van der Waals surface area contributed by atoms with Crippen LogP contribution >= 0.6 is 0 Å². The maximum absolute atomic E-state index is 9.55. The molecule has 112 valence electrons. The molecule has 19 heavy (non-hydrogen) atoms. The van der Waals surface area contributed by atoms with Gasteiger partial charge in [-0.25, -0.2) is 0 Å². The molecule has 0 aliphatic heterocycles. The van der Waals surface area contributed by atoms with Crippen LogP contribution in [0.2, 0.25) is 0 Å². The van der Waals surface area contributed by atoms with Crippen molar-refractivity contribution in [3.8, 4) is 0 Å². The second kappa shape index (κ2) is 7.05. The maximum atomic E-state index is 9.55. The molecule has 3 heteroatoms. The molecule has 0 radical (unpaired) electrons. The summed E-state index contributed by atoms with van der Waals surface area (Å²) in [4.78, 5) is 0. The minimum Gasteiger partial charge on any atom is -0.393 e. The molecule has 2 atom stereocenters. The Morgan fingerprint density at radius 1 is 0.684 bits per heavy atom. The molecule has 2 aliphatic rings. The molecule has 3 nitrogen and oxygen atoms in total. The van der Waals surface area contributed by atoms with Crippen molar-refractivity contribution >= 4 is 0 Å². The Labute approximate surface area is 117 Å². The summed E-state index contributed by atoms with van der Waals surface area (Å²) in [6, 6.07) is 0. The summed E-state index contributed by atoms with van der Waals surface area (Å²) >= 11 is 0. The van der Waals surface area contributed by atoms with E-state index in [4.69, 9.17) is 4.74 Å². The largest absolute Gasteiger partial charge is 0.393 e. The fourth-order valence-electron chi connectivity index (χ4n) is 3.70. The highest BCUT2D eigenvalue weighted by Crippen LogP contribution is 2.32. The van der Waals surface area contributed by atoms with Crippen molar-refractivity contribution in [2.75, 3.05) is 0 Å². The fourth-order valence-corrected chi connectivity index (χ4v) is 3.70. The Balaban J connectivity index is 1.73. The van der Waals surface area contributed by atoms with Crippen molar-refractivity contribution in [3.63, 3.8) is 0 Å². The Hall–Kier alpha value is -0.120. The first-order chi connectivity index (χ1) is 9.06. The minimum atomic E-state index is -0.0827. The van der Waals surface area contributed by atoms with E-state index in [9.17, 15) is 10.2 Å². The van der Waals surface area contributed by atoms with E-state index in [1.807, 2.05) is 0 Å². The van der Waals surface area contributed by atoms with E-state index in [-0.39, 0.29) is 12.2 Å². The van der Waals surface area contributed by atoms with Gasteiger partial charge in [0.15, 0.2) is 0 Å². The van der Waals surface area contributed by atoms with Crippen molar-refractivity contribution in [1.82, 2.24) is 0 Å². The van der Waals surface area contributed by atoms with Gasteiger partial charge >= 0.3 is 0 Å². The summed E-state index contributed by atoms with van der Waals surface area (Å²) < 4.78 is 6.24. The van der Waals surface area contributed by atoms with E-state index in [1.165, 1.54) is 0 Å². The number of hydrogen-bond acceptors (Lipinski definition) is 3. The molecule has 0 amide bonds. The predicted molar refractivity (Wildman–Crippen MR) is 75.9 cm³/mol. The van der Waals surface area contributed by atoms with E-state index in [0.717, 1.165) is 51.4 Å². The van der Waals surface area contributed by atoms with Crippen LogP contribution in [0.5, 0.6) is 0 Å². The van der Waals surface area contributed by atoms with E-state index in [1.54, 1.807) is 0 Å². The molecule has 2 fully saturated rings. The monoisotopic (exact) mass is 270 g/mol. The van der Waals surface area contributed by atoms with Gasteiger partial charge in [0.2, 0.25) is 0 Å². The Morgan fingerprint density at radius 2 is 1.00 bits per heavy atom. The SMILES string of the molecule is CC(OC(C)C1CCC(O)CC1)C1CCC(O)CC1. The summed E-state index contributed by atoms with van der Waals surface area (Å²) in [6.45, 7) is 4.38. The molecular formula is C16H30O3. The molecule has 2 saturated carbocycles. The van der Waals surface area contributed by atoms with Crippen molar-refractivity contribution < 1.29 is 14.9 Å². The van der Waals surface area contributed by atoms with Crippen molar-refractivity contribution in [2.24, 2.45) is 11.8 Å². The predicted octanol–water partition coefficient (Wildman–Crippen LogP) is 2.88. The van der Waals surface area contributed by atoms with Gasteiger partial charge in [-0.1, -0.05) is 0 Å². The first-order valence-electron chi connectivity index (χ1n) is 8.08. The van der Waals surface area contributed by atoms with Crippen LogP contribution in [0.3, 0.4) is 0 Å². The third-order valence-electron chi connectivity index (χ3n) is 5.24. The van der Waals surface area contributed by atoms with Crippen molar-refractivity contribution in [2.45, 2.75) is 89.6 Å². The zero-order valence-corrected chi connectivity index (χ0v) is 12.4. The van der Waals surface area contributed by atoms with Crippen molar-refractivity contribution in [3.05, 3.63) is 0 Å². The molecule has 2 N–H and O–H groups in total. The Morgan fingerprint density at radius 3 is 1.32 bits per heavy atom. The summed E-state index contributed by atoms with van der Waals surface area (Å²) in [7, 11) is 0. The summed E-state index contributed by atoms with van der Waals surface area (Å²) in [5, 5.41) is 19.1. The molecule has 0 saturated heterocycles. The molecule has 0 bridgehead atoms. The highest BCUT2D eigenvalue weighted by molar-refractivity contribution is 4.79. The number of hydrogen-bond donors (Lipinski definition) is 2. The topological polar surface area (TPSA) is 49.7 Å². The summed E-state index contributed by atoms with van der Waals surface area (Å²) in [5.74, 6) is 1.22. The van der Waals surface area contributed by atoms with E-state index in [0.29, 0.717) is 24.0 Å². The molecule has 0 aromatic heterocycles. The first-order valence-corrected chi connectivity index (χ1v) is 8.08. The van der Waals surface area contributed by atoms with Crippen LogP contribution in [0.4, 0.5) is 0 Å². The lowest BCUT2D eigenvalue weighted by Gasteiger charge is -2.35. The minimum absolute atomic E-state index is 0.0827. The van der Waals surface area contributed by atoms with Gasteiger partial charge in [0.1, 0.15) is 0 Å². The maximum Gasteiger partial charge on any atom is 0.0578 e. The fraction of sp³-hybridized carbons (Fsp3) is 1.00. The van der Waals surface area contributed by atoms with Crippen LogP contribution in [-0.4, -0.2) is 34.6 Å². The lowest BCUT2D eigenvalue weighted by molar-refractivity contribution is -0.0746. The van der Waals surface area contributed by atoms with Crippen LogP contribution in [0.25, 0.3) is 0 Å². The molecular weight excluding hydrogens is 240 g/mol. The van der Waals surface area contributed by atoms with Gasteiger partial charge in [-0.3, -0.25) is 0 Å². The van der Waals surface area contributed by atoms with Crippen LogP contribution < -0.4 is 0 Å². The van der Waals surface area contributed by atoms with Crippen LogP contribution in [-0.2, 0) is 4.74 Å². The second-order valence-electron chi connectivity index (χ2n) is 6.68. The number of rotatable bonds is 4. The molecule has 0 aromatic carbocycles. The third-order valence-corrected chi connectivity index (χ3v) is 5.24. The zero-order chi connectivity index (χ0) is 13.8. The standard InChI is InChI=1S/C16H30O3/c1-11(13-3-7-15(17)8-4-13)19-12(2)14-5-9-16(18)10-6-14/h11-18H,3-10H2,1-2H3. The second-order valence-corrected chi connectivity index (χ2v) is 6.68. The van der Waals surface area contributed by atoms with Gasteiger partial charge < -0.3 is 14.9 Å². The molecule has 2 aliphatic carbocycles. The average molecular weight is 270 g/mol. The molecule has 2 rings (SSSR count). The molecule has 0 aromatic rings. The normalized spacial score (nSPS) is 39.8. The van der Waals surface area contributed by atoms with E-state index < -0.39 is 0 Å². The zero-order valence-electron chi connectivity index (χ0n) is 12.4. The van der Waals surface area contributed by atoms with Gasteiger partial charge in [0.25, 0.3) is 0 Å². The highest BCUT2D eigenvalue weighted by Gasteiger charge is 2.29. The van der Waals surface area contributed by atoms with Gasteiger partial charge in [-0.2, -0.15) is 0 Å². The summed E-state index contributed by atoms with van der Waals surface area (Å²) in [5.41, 5.74) is 0. The number of ether oxygens (including phenoxy) is 1. The van der Waals surface area contributed by atoms with Gasteiger partial charge in [-0.15, -0.1) is 0 Å². The highest BCUT2D eigenvalue weighted by atomic mass is 16.5. The van der Waals surface area contributed by atoms with Crippen molar-refractivity contribution in [1.29, 1.82) is 0 Å². The van der Waals surface area contributed by atoms with E-state index >= 15 is 0 Å². The van der Waals surface area contributed by atoms with Crippen LogP contribution in [0.1, 0.15) is 65.2 Å². The van der Waals surface area contributed by atoms with Crippen LogP contribution in [0, 0.1) is 11.8 Å².